The van der Waals surface area contributed by atoms with Gasteiger partial charge in [0.05, 0.1) is 16.3 Å². The lowest BCUT2D eigenvalue weighted by molar-refractivity contribution is -0.139. The van der Waals surface area contributed by atoms with E-state index >= 15 is 0 Å². The van der Waals surface area contributed by atoms with Crippen molar-refractivity contribution in [1.82, 2.24) is 5.32 Å². The smallest absolute Gasteiger partial charge is 0.326 e. The van der Waals surface area contributed by atoms with E-state index in [2.05, 4.69) is 10.3 Å². The Labute approximate surface area is 154 Å². The molecule has 2 unspecified atom stereocenters. The molecule has 0 spiro atoms. The van der Waals surface area contributed by atoms with Crippen LogP contribution in [0.3, 0.4) is 0 Å². The van der Waals surface area contributed by atoms with Crippen LogP contribution in [0.5, 0.6) is 0 Å². The Balaban J connectivity index is 1.79. The van der Waals surface area contributed by atoms with Crippen molar-refractivity contribution in [2.75, 3.05) is 0 Å². The number of dihydropyridines is 1. The number of nitrogens with zero attached hydrogens (tertiary/aromatic N) is 1. The molecule has 1 aromatic carbocycles. The molecule has 26 heavy (non-hydrogen) atoms. The van der Waals surface area contributed by atoms with Crippen LogP contribution in [0.4, 0.5) is 0 Å². The Kier molecular flexibility index (Phi) is 5.14. The van der Waals surface area contributed by atoms with Gasteiger partial charge in [-0.1, -0.05) is 42.0 Å². The van der Waals surface area contributed by atoms with E-state index in [1.54, 1.807) is 30.4 Å². The summed E-state index contributed by atoms with van der Waals surface area (Å²) in [5, 5.41) is 12.2. The normalized spacial score (nSPS) is 19.3. The Hall–Kier alpha value is -2.99. The van der Waals surface area contributed by atoms with Crippen molar-refractivity contribution in [2.24, 2.45) is 10.9 Å². The summed E-state index contributed by atoms with van der Waals surface area (Å²) in [6.45, 7) is 0. The number of carboxylic acids is 1. The zero-order valence-corrected chi connectivity index (χ0v) is 14.3. The van der Waals surface area contributed by atoms with Gasteiger partial charge in [-0.25, -0.2) is 9.79 Å². The van der Waals surface area contributed by atoms with Crippen LogP contribution < -0.4 is 5.32 Å². The highest BCUT2D eigenvalue weighted by molar-refractivity contribution is 6.33. The summed E-state index contributed by atoms with van der Waals surface area (Å²) in [5.74, 6) is -2.48. The third-order valence-electron chi connectivity index (χ3n) is 4.11. The van der Waals surface area contributed by atoms with Gasteiger partial charge >= 0.3 is 5.97 Å². The number of hydrogen-bond donors (Lipinski definition) is 2. The van der Waals surface area contributed by atoms with Gasteiger partial charge < -0.3 is 10.4 Å². The number of benzene rings is 1. The molecule has 0 aromatic heterocycles. The van der Waals surface area contributed by atoms with Gasteiger partial charge in [-0.15, -0.1) is 0 Å². The molecule has 7 heteroatoms. The second-order valence-corrected chi connectivity index (χ2v) is 6.27. The molecule has 3 rings (SSSR count). The van der Waals surface area contributed by atoms with Crippen LogP contribution in [0, 0.1) is 5.92 Å². The number of amides is 2. The largest absolute Gasteiger partial charge is 0.480 e. The van der Waals surface area contributed by atoms with Crippen LogP contribution in [0.1, 0.15) is 16.8 Å². The van der Waals surface area contributed by atoms with E-state index in [1.807, 2.05) is 12.2 Å². The minimum atomic E-state index is -1.20. The molecular weight excluding hydrogens is 356 g/mol. The fraction of sp³-hybridized carbons (Fsp3) is 0.158. The van der Waals surface area contributed by atoms with Crippen molar-refractivity contribution in [3.8, 4) is 0 Å². The molecule has 0 radical (unpaired) electrons. The first-order chi connectivity index (χ1) is 12.5. The number of allylic oxidation sites excluding steroid dienone is 4. The summed E-state index contributed by atoms with van der Waals surface area (Å²) in [4.78, 5) is 39.8. The third kappa shape index (κ3) is 3.81. The Morgan fingerprint density at radius 2 is 2.04 bits per heavy atom. The van der Waals surface area contributed by atoms with Crippen molar-refractivity contribution in [1.29, 1.82) is 0 Å². The van der Waals surface area contributed by atoms with Gasteiger partial charge in [0.2, 0.25) is 0 Å². The minimum absolute atomic E-state index is 0.0147. The minimum Gasteiger partial charge on any atom is -0.480 e. The molecule has 0 fully saturated rings. The lowest BCUT2D eigenvalue weighted by Crippen LogP contribution is -2.42. The molecule has 0 bridgehead atoms. The molecular formula is C19H15ClN2O4. The number of fused-ring (bicyclic) bond motifs is 1. The van der Waals surface area contributed by atoms with Crippen LogP contribution in [-0.2, 0) is 9.59 Å². The summed E-state index contributed by atoms with van der Waals surface area (Å²) in [6, 6.07) is 5.18. The number of aliphatic imine (C=N–C) groups is 1. The average molecular weight is 371 g/mol. The highest BCUT2D eigenvalue weighted by Gasteiger charge is 2.29. The van der Waals surface area contributed by atoms with Gasteiger partial charge in [0.25, 0.3) is 11.8 Å². The highest BCUT2D eigenvalue weighted by atomic mass is 35.5. The number of carbonyl (C=O) groups excluding carboxylic acids is 2. The summed E-state index contributed by atoms with van der Waals surface area (Å²) in [7, 11) is 0. The fourth-order valence-electron chi connectivity index (χ4n) is 2.86. The number of nitrogens with one attached hydrogen (secondary N) is 1. The first-order valence-electron chi connectivity index (χ1n) is 7.92. The van der Waals surface area contributed by atoms with E-state index in [0.29, 0.717) is 11.3 Å². The van der Waals surface area contributed by atoms with Gasteiger partial charge in [-0.2, -0.15) is 0 Å². The van der Waals surface area contributed by atoms with Gasteiger partial charge in [0.15, 0.2) is 0 Å². The molecule has 2 N–H and O–H groups in total. The summed E-state index contributed by atoms with van der Waals surface area (Å²) in [5.41, 5.74) is 1.35. The maximum absolute atomic E-state index is 12.4. The van der Waals surface area contributed by atoms with E-state index in [9.17, 15) is 19.5 Å². The lowest BCUT2D eigenvalue weighted by atomic mass is 9.84. The van der Waals surface area contributed by atoms with Crippen LogP contribution in [0.2, 0.25) is 5.02 Å². The Morgan fingerprint density at radius 3 is 2.77 bits per heavy atom. The quantitative estimate of drug-likeness (QED) is 0.832. The molecule has 1 aromatic rings. The number of halogens is 1. The van der Waals surface area contributed by atoms with E-state index in [0.717, 1.165) is 0 Å². The van der Waals surface area contributed by atoms with E-state index in [1.165, 1.54) is 12.1 Å². The second-order valence-electron chi connectivity index (χ2n) is 5.86. The van der Waals surface area contributed by atoms with Crippen molar-refractivity contribution in [3.05, 3.63) is 70.8 Å². The van der Waals surface area contributed by atoms with Gasteiger partial charge in [-0.05, 0) is 23.8 Å². The highest BCUT2D eigenvalue weighted by Crippen LogP contribution is 2.27. The zero-order valence-electron chi connectivity index (χ0n) is 13.6. The van der Waals surface area contributed by atoms with Crippen LogP contribution >= 0.6 is 11.6 Å². The van der Waals surface area contributed by atoms with Crippen LogP contribution in [-0.4, -0.2) is 34.6 Å². The first kappa shape index (κ1) is 17.8. The molecule has 0 saturated carbocycles. The van der Waals surface area contributed by atoms with Crippen molar-refractivity contribution < 1.29 is 19.5 Å². The molecule has 132 valence electrons. The van der Waals surface area contributed by atoms with Crippen molar-refractivity contribution >= 4 is 35.1 Å². The van der Waals surface area contributed by atoms with Crippen molar-refractivity contribution in [3.63, 3.8) is 0 Å². The number of aliphatic carboxylic acids is 1. The average Bonchev–Trinajstić information content (AvgIpc) is 2.61. The molecule has 1 aliphatic heterocycles. The summed E-state index contributed by atoms with van der Waals surface area (Å²) < 4.78 is 0. The van der Waals surface area contributed by atoms with Crippen LogP contribution in [0.15, 0.2) is 65.2 Å². The molecule has 1 heterocycles. The van der Waals surface area contributed by atoms with Crippen LogP contribution in [0.25, 0.3) is 0 Å². The Morgan fingerprint density at radius 1 is 1.27 bits per heavy atom. The van der Waals surface area contributed by atoms with Crippen molar-refractivity contribution in [2.45, 2.75) is 12.5 Å². The number of rotatable bonds is 5. The SMILES string of the molecule is O=C1C=C(CC(NC(=O)c2ccccc2Cl)C(=O)O)C2C=CC=CC2=N1. The standard InChI is InChI=1S/C19H15ClN2O4/c20-14-7-3-1-6-13(14)18(24)22-16(19(25)26)9-11-10-17(23)21-15-8-4-2-5-12(11)15/h1-8,10,12,16H,9H2,(H,22,24)(H,25,26). The Bertz CT molecular complexity index is 899. The monoisotopic (exact) mass is 370 g/mol. The first-order valence-corrected chi connectivity index (χ1v) is 8.29. The topological polar surface area (TPSA) is 95.8 Å². The molecule has 2 aliphatic rings. The number of carboxylic acid groups (broad SMARTS) is 1. The lowest BCUT2D eigenvalue weighted by Gasteiger charge is -2.25. The molecule has 6 nitrogen and oxygen atoms in total. The predicted molar refractivity (Wildman–Crippen MR) is 97.3 cm³/mol. The zero-order chi connectivity index (χ0) is 18.7. The number of hydrogen-bond acceptors (Lipinski definition) is 3. The maximum Gasteiger partial charge on any atom is 0.326 e. The summed E-state index contributed by atoms with van der Waals surface area (Å²) in [6.07, 6.45) is 8.44. The van der Waals surface area contributed by atoms with E-state index < -0.39 is 23.8 Å². The number of carbonyl (C=O) groups is 3. The fourth-order valence-corrected chi connectivity index (χ4v) is 3.08. The summed E-state index contributed by atoms with van der Waals surface area (Å²) >= 11 is 5.99. The molecule has 2 amide bonds. The molecule has 2 atom stereocenters. The molecule has 0 saturated heterocycles. The van der Waals surface area contributed by atoms with Gasteiger partial charge in [-0.3, -0.25) is 9.59 Å². The third-order valence-corrected chi connectivity index (χ3v) is 4.44. The second kappa shape index (κ2) is 7.49. The molecule has 1 aliphatic carbocycles. The van der Waals surface area contributed by atoms with Gasteiger partial charge in [0, 0.05) is 18.4 Å². The predicted octanol–water partition coefficient (Wildman–Crippen LogP) is 2.56. The van der Waals surface area contributed by atoms with E-state index in [-0.39, 0.29) is 22.9 Å². The van der Waals surface area contributed by atoms with Gasteiger partial charge in [0.1, 0.15) is 6.04 Å². The maximum atomic E-state index is 12.4. The van der Waals surface area contributed by atoms with E-state index in [4.69, 9.17) is 11.6 Å².